The zero-order chi connectivity index (χ0) is 26.9. The number of rotatable bonds is 10. The highest BCUT2D eigenvalue weighted by Gasteiger charge is 2.19. The van der Waals surface area contributed by atoms with Crippen LogP contribution < -0.4 is 15.4 Å². The fourth-order valence-corrected chi connectivity index (χ4v) is 4.73. The van der Waals surface area contributed by atoms with Crippen molar-refractivity contribution in [2.24, 2.45) is 0 Å². The number of hydrogen-bond donors (Lipinski definition) is 2. The van der Waals surface area contributed by atoms with Crippen LogP contribution in [0, 0.1) is 0 Å². The van der Waals surface area contributed by atoms with Gasteiger partial charge in [0.05, 0.1) is 18.3 Å². The first kappa shape index (κ1) is 27.4. The third-order valence-corrected chi connectivity index (χ3v) is 6.80. The van der Waals surface area contributed by atoms with Gasteiger partial charge in [0.1, 0.15) is 30.5 Å². The fraction of sp³-hybridized carbons (Fsp3) is 0.357. The zero-order valence-corrected chi connectivity index (χ0v) is 23.2. The molecule has 0 bridgehead atoms. The first-order valence-corrected chi connectivity index (χ1v) is 13.4. The van der Waals surface area contributed by atoms with Crippen molar-refractivity contribution >= 4 is 55.9 Å². The number of likely N-dealkylation sites (N-methyl/N-ethyl adjacent to an activating group) is 1. The molecule has 1 fully saturated rings. The molecule has 0 atom stereocenters. The van der Waals surface area contributed by atoms with Gasteiger partial charge in [-0.25, -0.2) is 9.97 Å². The van der Waals surface area contributed by atoms with E-state index >= 15 is 0 Å². The highest BCUT2D eigenvalue weighted by molar-refractivity contribution is 9.10. The lowest BCUT2D eigenvalue weighted by atomic mass is 9.98. The van der Waals surface area contributed by atoms with Crippen LogP contribution in [-0.4, -0.2) is 60.1 Å². The number of benzene rings is 2. The molecule has 9 nitrogen and oxygen atoms in total. The summed E-state index contributed by atoms with van der Waals surface area (Å²) in [5.74, 6) is 0.639. The molecule has 38 heavy (non-hydrogen) atoms. The maximum Gasteiger partial charge on any atom is 0.325 e. The number of nitrogens with one attached hydrogen (secondary N) is 2. The molecular weight excluding hydrogens is 550 g/mol. The van der Waals surface area contributed by atoms with Gasteiger partial charge in [-0.15, -0.1) is 0 Å². The summed E-state index contributed by atoms with van der Waals surface area (Å²) >= 11 is 3.49. The van der Waals surface area contributed by atoms with E-state index in [1.807, 2.05) is 36.4 Å². The van der Waals surface area contributed by atoms with Crippen LogP contribution >= 0.6 is 15.9 Å². The normalized spacial score (nSPS) is 13.9. The van der Waals surface area contributed by atoms with E-state index in [1.54, 1.807) is 20.2 Å². The number of methoxy groups -OCH3 is 1. The van der Waals surface area contributed by atoms with Gasteiger partial charge in [-0.2, -0.15) is 0 Å². The second-order valence-corrected chi connectivity index (χ2v) is 10.1. The molecule has 0 radical (unpaired) electrons. The van der Waals surface area contributed by atoms with Crippen LogP contribution in [0.4, 0.5) is 17.2 Å². The number of nitrogens with zero attached hydrogens (tertiary/aromatic N) is 3. The van der Waals surface area contributed by atoms with E-state index in [0.29, 0.717) is 18.1 Å². The number of amides is 1. The van der Waals surface area contributed by atoms with E-state index in [4.69, 9.17) is 9.47 Å². The number of esters is 1. The number of halogens is 1. The van der Waals surface area contributed by atoms with Gasteiger partial charge in [-0.1, -0.05) is 34.5 Å². The van der Waals surface area contributed by atoms with Crippen LogP contribution in [-0.2, 0) is 14.3 Å². The van der Waals surface area contributed by atoms with E-state index in [2.05, 4.69) is 36.5 Å². The molecule has 1 aromatic heterocycles. The van der Waals surface area contributed by atoms with Gasteiger partial charge in [0.15, 0.2) is 0 Å². The summed E-state index contributed by atoms with van der Waals surface area (Å²) in [4.78, 5) is 34.8. The van der Waals surface area contributed by atoms with Gasteiger partial charge in [-0.05, 0) is 49.9 Å². The van der Waals surface area contributed by atoms with E-state index < -0.39 is 0 Å². The zero-order valence-electron chi connectivity index (χ0n) is 21.6. The highest BCUT2D eigenvalue weighted by Crippen LogP contribution is 2.33. The summed E-state index contributed by atoms with van der Waals surface area (Å²) in [7, 11) is 3.18. The Morgan fingerprint density at radius 2 is 1.97 bits per heavy atom. The molecule has 2 aromatic carbocycles. The van der Waals surface area contributed by atoms with Crippen molar-refractivity contribution in [3.05, 3.63) is 59.4 Å². The molecule has 4 rings (SSSR count). The first-order valence-electron chi connectivity index (χ1n) is 12.6. The predicted molar refractivity (Wildman–Crippen MR) is 152 cm³/mol. The van der Waals surface area contributed by atoms with E-state index in [-0.39, 0.29) is 24.5 Å². The van der Waals surface area contributed by atoms with E-state index in [9.17, 15) is 9.59 Å². The second kappa shape index (κ2) is 13.2. The molecule has 1 aliphatic rings. The van der Waals surface area contributed by atoms with Crippen LogP contribution in [0.5, 0.6) is 5.75 Å². The molecular formula is C28H32BrN5O4. The Hall–Kier alpha value is -3.66. The van der Waals surface area contributed by atoms with Crippen molar-refractivity contribution in [2.45, 2.75) is 38.2 Å². The summed E-state index contributed by atoms with van der Waals surface area (Å²) in [6, 6.07) is 11.6. The lowest BCUT2D eigenvalue weighted by Gasteiger charge is -2.23. The number of aromatic nitrogens is 2. The van der Waals surface area contributed by atoms with Gasteiger partial charge >= 0.3 is 5.97 Å². The Balaban J connectivity index is 1.37. The molecule has 0 saturated heterocycles. The topological polar surface area (TPSA) is 106 Å². The van der Waals surface area contributed by atoms with Crippen molar-refractivity contribution in [1.29, 1.82) is 0 Å². The van der Waals surface area contributed by atoms with Gasteiger partial charge in [-0.3, -0.25) is 9.59 Å². The number of fused-ring (bicyclic) bond motifs is 1. The smallest absolute Gasteiger partial charge is 0.325 e. The molecule has 200 valence electrons. The quantitative estimate of drug-likeness (QED) is 0.240. The Bertz CT molecular complexity index is 1310. The standard InChI is InChI=1S/C28H32BrN5O4/c1-34(17-27(36)38-21-10-4-3-5-11-21)26(35)12-7-13-30-24-15-22-23(16-25(24)37-2)31-18-32-28(22)33-20-9-6-8-19(29)14-20/h6-9,12,14-16,18,21,30H,3-5,10-11,13,17H2,1-2H3,(H,31,32,33). The van der Waals surface area contributed by atoms with Crippen molar-refractivity contribution in [2.75, 3.05) is 37.9 Å². The first-order chi connectivity index (χ1) is 18.4. The van der Waals surface area contributed by atoms with Crippen molar-refractivity contribution in [3.8, 4) is 5.75 Å². The minimum absolute atomic E-state index is 0.0212. The van der Waals surface area contributed by atoms with Crippen molar-refractivity contribution in [1.82, 2.24) is 14.9 Å². The number of ether oxygens (including phenoxy) is 2. The summed E-state index contributed by atoms with van der Waals surface area (Å²) < 4.78 is 12.0. The average Bonchev–Trinajstić information content (AvgIpc) is 2.91. The number of carbonyl (C=O) groups is 2. The Labute approximate surface area is 230 Å². The number of hydrogen-bond acceptors (Lipinski definition) is 8. The van der Waals surface area contributed by atoms with Gasteiger partial charge in [0, 0.05) is 41.3 Å². The molecule has 0 unspecified atom stereocenters. The highest BCUT2D eigenvalue weighted by atomic mass is 79.9. The summed E-state index contributed by atoms with van der Waals surface area (Å²) in [6.07, 6.45) is 9.79. The fourth-order valence-electron chi connectivity index (χ4n) is 4.33. The SMILES string of the molecule is COc1cc2ncnc(Nc3cccc(Br)c3)c2cc1NCC=CC(=O)N(C)CC(=O)OC1CCCCC1. The van der Waals surface area contributed by atoms with E-state index in [0.717, 1.165) is 52.4 Å². The lowest BCUT2D eigenvalue weighted by molar-refractivity contribution is -0.153. The summed E-state index contributed by atoms with van der Waals surface area (Å²) in [5, 5.41) is 7.43. The van der Waals surface area contributed by atoms with Gasteiger partial charge in [0.25, 0.3) is 0 Å². The third-order valence-electron chi connectivity index (χ3n) is 6.31. The van der Waals surface area contributed by atoms with Crippen molar-refractivity contribution in [3.63, 3.8) is 0 Å². The molecule has 10 heteroatoms. The minimum atomic E-state index is -0.366. The molecule has 0 aliphatic heterocycles. The van der Waals surface area contributed by atoms with Gasteiger partial charge < -0.3 is 25.0 Å². The largest absolute Gasteiger partial charge is 0.495 e. The minimum Gasteiger partial charge on any atom is -0.495 e. The van der Waals surface area contributed by atoms with Crippen LogP contribution in [0.2, 0.25) is 0 Å². The van der Waals surface area contributed by atoms with Crippen molar-refractivity contribution < 1.29 is 19.1 Å². The summed E-state index contributed by atoms with van der Waals surface area (Å²) in [6.45, 7) is 0.301. The van der Waals surface area contributed by atoms with Crippen LogP contribution in [0.3, 0.4) is 0 Å². The average molecular weight is 582 g/mol. The van der Waals surface area contributed by atoms with Crippen LogP contribution in [0.1, 0.15) is 32.1 Å². The van der Waals surface area contributed by atoms with E-state index in [1.165, 1.54) is 23.7 Å². The molecule has 1 amide bonds. The molecule has 1 saturated carbocycles. The summed E-state index contributed by atoms with van der Waals surface area (Å²) in [5.41, 5.74) is 2.35. The van der Waals surface area contributed by atoms with Gasteiger partial charge in [0.2, 0.25) is 5.91 Å². The maximum absolute atomic E-state index is 12.5. The number of carbonyl (C=O) groups excluding carboxylic acids is 2. The third kappa shape index (κ3) is 7.44. The monoisotopic (exact) mass is 581 g/mol. The lowest BCUT2D eigenvalue weighted by Crippen LogP contribution is -2.34. The molecule has 0 spiro atoms. The molecule has 2 N–H and O–H groups in total. The van der Waals surface area contributed by atoms with Crippen LogP contribution in [0.15, 0.2) is 59.4 Å². The molecule has 3 aromatic rings. The Kier molecular flexibility index (Phi) is 9.53. The Morgan fingerprint density at radius 3 is 2.74 bits per heavy atom. The predicted octanol–water partition coefficient (Wildman–Crippen LogP) is 5.45. The number of anilines is 3. The molecule has 1 aliphatic carbocycles. The Morgan fingerprint density at radius 1 is 1.16 bits per heavy atom. The maximum atomic E-state index is 12.5. The second-order valence-electron chi connectivity index (χ2n) is 9.15. The van der Waals surface area contributed by atoms with Crippen LogP contribution in [0.25, 0.3) is 10.9 Å². The molecule has 1 heterocycles.